The molecule has 1 aromatic rings. The molecule has 1 unspecified atom stereocenters. The summed E-state index contributed by atoms with van der Waals surface area (Å²) in [5.74, 6) is -2.08. The van der Waals surface area contributed by atoms with Crippen LogP contribution < -0.4 is 10.5 Å². The molecule has 0 radical (unpaired) electrons. The van der Waals surface area contributed by atoms with Crippen LogP contribution in [0.4, 0.5) is 8.78 Å². The molecule has 1 atom stereocenters. The van der Waals surface area contributed by atoms with E-state index in [9.17, 15) is 8.78 Å². The maximum Gasteiger partial charge on any atom is 0.278 e. The zero-order valence-electron chi connectivity index (χ0n) is 9.54. The second-order valence-corrected chi connectivity index (χ2v) is 4.06. The van der Waals surface area contributed by atoms with Gasteiger partial charge in [0.15, 0.2) is 6.61 Å². The first kappa shape index (κ1) is 12.9. The van der Waals surface area contributed by atoms with Gasteiger partial charge in [-0.3, -0.25) is 0 Å². The Morgan fingerprint density at radius 2 is 1.88 bits per heavy atom. The van der Waals surface area contributed by atoms with E-state index >= 15 is 0 Å². The minimum atomic E-state index is -2.80. The fourth-order valence-electron chi connectivity index (χ4n) is 1.24. The predicted molar refractivity (Wildman–Crippen MR) is 60.0 cm³/mol. The van der Waals surface area contributed by atoms with Crippen LogP contribution in [0.1, 0.15) is 25.3 Å². The van der Waals surface area contributed by atoms with Gasteiger partial charge in [-0.25, -0.2) is 8.78 Å². The summed E-state index contributed by atoms with van der Waals surface area (Å²) in [6, 6.07) is 7.07. The van der Waals surface area contributed by atoms with Crippen LogP contribution in [0.5, 0.6) is 5.75 Å². The Bertz CT molecular complexity index is 319. The van der Waals surface area contributed by atoms with Crippen molar-refractivity contribution in [2.75, 3.05) is 13.2 Å². The molecule has 0 amide bonds. The Morgan fingerprint density at radius 3 is 2.31 bits per heavy atom. The van der Waals surface area contributed by atoms with Gasteiger partial charge in [0.2, 0.25) is 0 Å². The quantitative estimate of drug-likeness (QED) is 0.842. The Balaban J connectivity index is 2.58. The summed E-state index contributed by atoms with van der Waals surface area (Å²) < 4.78 is 30.0. The lowest BCUT2D eigenvalue weighted by molar-refractivity contribution is -0.0229. The summed E-state index contributed by atoms with van der Waals surface area (Å²) in [5, 5.41) is 0. The van der Waals surface area contributed by atoms with E-state index in [-0.39, 0.29) is 5.92 Å². The fraction of sp³-hybridized carbons (Fsp3) is 0.500. The topological polar surface area (TPSA) is 35.2 Å². The molecule has 0 saturated heterocycles. The van der Waals surface area contributed by atoms with Crippen LogP contribution in [0, 0.1) is 0 Å². The Hall–Kier alpha value is -1.16. The first-order valence-electron chi connectivity index (χ1n) is 5.23. The van der Waals surface area contributed by atoms with Gasteiger partial charge in [0.1, 0.15) is 5.75 Å². The molecule has 0 saturated carbocycles. The highest BCUT2D eigenvalue weighted by molar-refractivity contribution is 5.29. The summed E-state index contributed by atoms with van der Waals surface area (Å²) in [6.07, 6.45) is 0. The van der Waals surface area contributed by atoms with Crippen molar-refractivity contribution in [3.63, 3.8) is 0 Å². The molecule has 2 N–H and O–H groups in total. The minimum absolute atomic E-state index is 0.265. The number of halogens is 2. The molecule has 0 aliphatic heterocycles. The van der Waals surface area contributed by atoms with Gasteiger partial charge in [-0.1, -0.05) is 19.1 Å². The van der Waals surface area contributed by atoms with Crippen LogP contribution in [0.3, 0.4) is 0 Å². The molecular formula is C12H17F2NO. The molecule has 0 aliphatic carbocycles. The van der Waals surface area contributed by atoms with Gasteiger partial charge < -0.3 is 10.5 Å². The molecule has 1 aromatic carbocycles. The average Bonchev–Trinajstić information content (AvgIpc) is 2.25. The van der Waals surface area contributed by atoms with Gasteiger partial charge >= 0.3 is 0 Å². The highest BCUT2D eigenvalue weighted by atomic mass is 19.3. The monoisotopic (exact) mass is 229 g/mol. The van der Waals surface area contributed by atoms with Crippen molar-refractivity contribution in [1.29, 1.82) is 0 Å². The Labute approximate surface area is 94.4 Å². The predicted octanol–water partition coefficient (Wildman–Crippen LogP) is 2.78. The number of ether oxygens (including phenoxy) is 1. The van der Waals surface area contributed by atoms with Crippen LogP contribution >= 0.6 is 0 Å². The minimum Gasteiger partial charge on any atom is -0.487 e. The van der Waals surface area contributed by atoms with Crippen LogP contribution in [-0.4, -0.2) is 19.1 Å². The normalized spacial score (nSPS) is 13.6. The molecule has 0 spiro atoms. The summed E-state index contributed by atoms with van der Waals surface area (Å²) in [5.41, 5.74) is 6.61. The third-order valence-electron chi connectivity index (χ3n) is 2.29. The van der Waals surface area contributed by atoms with Crippen molar-refractivity contribution >= 4 is 0 Å². The van der Waals surface area contributed by atoms with Gasteiger partial charge in [0.05, 0.1) is 0 Å². The maximum absolute atomic E-state index is 12.5. The molecule has 0 aromatic heterocycles. The zero-order chi connectivity index (χ0) is 12.2. The molecule has 2 nitrogen and oxygen atoms in total. The Morgan fingerprint density at radius 1 is 1.31 bits per heavy atom. The fourth-order valence-corrected chi connectivity index (χ4v) is 1.24. The molecule has 0 aliphatic rings. The third kappa shape index (κ3) is 4.14. The van der Waals surface area contributed by atoms with Crippen LogP contribution in [0.2, 0.25) is 0 Å². The first-order chi connectivity index (χ1) is 7.42. The van der Waals surface area contributed by atoms with E-state index in [2.05, 4.69) is 0 Å². The molecular weight excluding hydrogens is 212 g/mol. The SMILES string of the molecule is CC(CN)c1ccc(OCC(C)(F)F)cc1. The summed E-state index contributed by atoms with van der Waals surface area (Å²) >= 11 is 0. The van der Waals surface area contributed by atoms with E-state index in [4.69, 9.17) is 10.5 Å². The number of nitrogens with two attached hydrogens (primary N) is 1. The van der Waals surface area contributed by atoms with Crippen molar-refractivity contribution in [2.24, 2.45) is 5.73 Å². The highest BCUT2D eigenvalue weighted by Gasteiger charge is 2.21. The van der Waals surface area contributed by atoms with Crippen LogP contribution in [0.25, 0.3) is 0 Å². The molecule has 16 heavy (non-hydrogen) atoms. The van der Waals surface area contributed by atoms with Gasteiger partial charge in [0.25, 0.3) is 5.92 Å². The number of hydrogen-bond donors (Lipinski definition) is 1. The van der Waals surface area contributed by atoms with Crippen molar-refractivity contribution < 1.29 is 13.5 Å². The van der Waals surface area contributed by atoms with Gasteiger partial charge in [-0.15, -0.1) is 0 Å². The lowest BCUT2D eigenvalue weighted by atomic mass is 10.0. The lowest BCUT2D eigenvalue weighted by Crippen LogP contribution is -2.20. The molecule has 90 valence electrons. The maximum atomic E-state index is 12.5. The molecule has 0 fully saturated rings. The van der Waals surface area contributed by atoms with Crippen molar-refractivity contribution in [2.45, 2.75) is 25.7 Å². The zero-order valence-corrected chi connectivity index (χ0v) is 9.54. The lowest BCUT2D eigenvalue weighted by Gasteiger charge is -2.13. The second-order valence-electron chi connectivity index (χ2n) is 4.06. The van der Waals surface area contributed by atoms with Gasteiger partial charge in [-0.05, 0) is 30.2 Å². The number of benzene rings is 1. The first-order valence-corrected chi connectivity index (χ1v) is 5.23. The number of hydrogen-bond acceptors (Lipinski definition) is 2. The van der Waals surface area contributed by atoms with Crippen molar-refractivity contribution in [3.8, 4) is 5.75 Å². The van der Waals surface area contributed by atoms with E-state index < -0.39 is 12.5 Å². The van der Waals surface area contributed by atoms with E-state index in [0.29, 0.717) is 12.3 Å². The molecule has 4 heteroatoms. The number of alkyl halides is 2. The van der Waals surface area contributed by atoms with Crippen LogP contribution in [0.15, 0.2) is 24.3 Å². The standard InChI is InChI=1S/C12H17F2NO/c1-9(7-15)10-3-5-11(6-4-10)16-8-12(2,13)14/h3-6,9H,7-8,15H2,1-2H3. The van der Waals surface area contributed by atoms with E-state index in [0.717, 1.165) is 12.5 Å². The smallest absolute Gasteiger partial charge is 0.278 e. The van der Waals surface area contributed by atoms with E-state index in [1.54, 1.807) is 12.1 Å². The summed E-state index contributed by atoms with van der Waals surface area (Å²) in [7, 11) is 0. The van der Waals surface area contributed by atoms with E-state index in [1.807, 2.05) is 19.1 Å². The van der Waals surface area contributed by atoms with Crippen molar-refractivity contribution in [1.82, 2.24) is 0 Å². The number of rotatable bonds is 5. The second kappa shape index (κ2) is 5.25. The van der Waals surface area contributed by atoms with Crippen molar-refractivity contribution in [3.05, 3.63) is 29.8 Å². The largest absolute Gasteiger partial charge is 0.487 e. The summed E-state index contributed by atoms with van der Waals surface area (Å²) in [4.78, 5) is 0. The van der Waals surface area contributed by atoms with E-state index in [1.165, 1.54) is 0 Å². The van der Waals surface area contributed by atoms with Gasteiger partial charge in [-0.2, -0.15) is 0 Å². The third-order valence-corrected chi connectivity index (χ3v) is 2.29. The Kier molecular flexibility index (Phi) is 4.24. The molecule has 0 heterocycles. The van der Waals surface area contributed by atoms with Gasteiger partial charge in [0, 0.05) is 6.92 Å². The summed E-state index contributed by atoms with van der Waals surface area (Å²) in [6.45, 7) is 2.81. The molecule has 1 rings (SSSR count). The average molecular weight is 229 g/mol. The van der Waals surface area contributed by atoms with Crippen LogP contribution in [-0.2, 0) is 0 Å². The molecule has 0 bridgehead atoms. The highest BCUT2D eigenvalue weighted by Crippen LogP contribution is 2.20.